The van der Waals surface area contributed by atoms with Gasteiger partial charge in [0, 0.05) is 6.04 Å². The summed E-state index contributed by atoms with van der Waals surface area (Å²) in [6.45, 7) is 2.80. The Hall–Kier alpha value is -4.68. The van der Waals surface area contributed by atoms with E-state index in [-0.39, 0.29) is 5.56 Å². The van der Waals surface area contributed by atoms with Crippen molar-refractivity contribution in [1.82, 2.24) is 4.90 Å². The van der Waals surface area contributed by atoms with E-state index in [0.717, 1.165) is 10.8 Å². The predicted octanol–water partition coefficient (Wildman–Crippen LogP) is 2.99. The molecule has 0 aromatic heterocycles. The summed E-state index contributed by atoms with van der Waals surface area (Å²) in [5.74, 6) is -5.27. The molecule has 3 saturated heterocycles. The van der Waals surface area contributed by atoms with E-state index in [9.17, 15) is 36.1 Å². The number of hydrogen-bond donors (Lipinski definition) is 0. The number of carbonyl (C=O) groups excluding carboxylic acids is 3. The summed E-state index contributed by atoms with van der Waals surface area (Å²) >= 11 is 0. The molecule has 3 aliphatic heterocycles. The van der Waals surface area contributed by atoms with Crippen molar-refractivity contribution in [2.75, 3.05) is 0 Å². The molecule has 1 amide bonds. The number of hydrogen-bond acceptors (Lipinski definition) is 9. The third-order valence-electron chi connectivity index (χ3n) is 7.96. The van der Waals surface area contributed by atoms with Crippen LogP contribution in [0.1, 0.15) is 24.2 Å². The minimum atomic E-state index is -6.16. The van der Waals surface area contributed by atoms with E-state index in [2.05, 4.69) is 4.74 Å². The third kappa shape index (κ3) is 4.13. The zero-order chi connectivity index (χ0) is 29.4. The molecular formula is C28H23F2NO9RfS-2. The Morgan fingerprint density at radius 3 is 2.17 bits per heavy atom. The number of likely N-dealkylation sites (tertiary alicyclic amines) is 1. The first-order valence-corrected chi connectivity index (χ1v) is 14.2. The number of carbonyl (C=O) groups is 3. The summed E-state index contributed by atoms with van der Waals surface area (Å²) in [6.07, 6.45) is -3.32. The smallest absolute Gasteiger partial charge is 0.339 e. The van der Waals surface area contributed by atoms with Gasteiger partial charge in [0.25, 0.3) is 11.2 Å². The fraction of sp³-hybridized carbons (Fsp3) is 0.357. The molecule has 2 bridgehead atoms. The fourth-order valence-corrected chi connectivity index (χ4v) is 6.51. The molecule has 0 radical (unpaired) electrons. The normalized spacial score (nSPS) is 26.6. The number of fused-ring (bicyclic) bond motifs is 3. The van der Waals surface area contributed by atoms with E-state index < -0.39 is 82.1 Å². The van der Waals surface area contributed by atoms with Gasteiger partial charge in [0.2, 0.25) is 5.91 Å². The number of rotatable bonds is 7. The van der Waals surface area contributed by atoms with Crippen LogP contribution in [0.5, 0.6) is 0 Å². The number of halogens is 2. The Morgan fingerprint density at radius 2 is 1.62 bits per heavy atom. The summed E-state index contributed by atoms with van der Waals surface area (Å²) in [6, 6.07) is 15.2. The third-order valence-corrected chi connectivity index (χ3v) is 8.72. The summed E-state index contributed by atoms with van der Waals surface area (Å²) in [5.41, 5.74) is 0.270. The maximum Gasteiger partial charge on any atom is 0.339 e. The molecule has 0 spiro atoms. The van der Waals surface area contributed by atoms with Crippen LogP contribution in [-0.4, -0.2) is 71.4 Å². The first-order chi connectivity index (χ1) is 19.3. The maximum absolute atomic E-state index is 13.9. The van der Waals surface area contributed by atoms with E-state index >= 15 is 0 Å². The molecule has 14 heteroatoms. The predicted molar refractivity (Wildman–Crippen MR) is 137 cm³/mol. The van der Waals surface area contributed by atoms with Crippen molar-refractivity contribution in [2.45, 2.75) is 49.5 Å². The van der Waals surface area contributed by atoms with Crippen LogP contribution >= 0.6 is 0 Å². The summed E-state index contributed by atoms with van der Waals surface area (Å²) in [5, 5.41) is -2.18. The molecule has 6 atom stereocenters. The van der Waals surface area contributed by atoms with Crippen molar-refractivity contribution in [3.05, 3.63) is 66.8 Å². The topological polar surface area (TPSA) is 139 Å². The Kier molecular flexibility index (Phi) is 6.66. The Labute approximate surface area is 232 Å². The number of amides is 1. The van der Waals surface area contributed by atoms with Crippen molar-refractivity contribution in [3.63, 3.8) is 0 Å². The van der Waals surface area contributed by atoms with Crippen LogP contribution in [0.2, 0.25) is 0 Å². The second-order valence-corrected chi connectivity index (χ2v) is 12.0. The van der Waals surface area contributed by atoms with Gasteiger partial charge < -0.3 is 23.7 Å². The second-order valence-electron chi connectivity index (χ2n) is 10.6. The average Bonchev–Trinajstić information content (AvgIpc) is 3.52. The van der Waals surface area contributed by atoms with Crippen LogP contribution in [-0.2, 0) is 33.9 Å². The standard InChI is InChI=1S/C28H24F2NO9S.Rf/c1-13(2)31-21-22-19(25(31)32)20(26(33)38-12-28(29,30)41(35,36)37)23(39-22)24(21)40-27(34)18-16-9-5-3-7-14(16)11-15-8-4-6-10-17(15)18;/h3-13,19-24H,1-2H3,(H,35,36,37);/q-1;/p-1. The van der Waals surface area contributed by atoms with Gasteiger partial charge in [-0.05, 0) is 41.5 Å². The van der Waals surface area contributed by atoms with Crippen molar-refractivity contribution < 1.29 is 50.3 Å². The molecule has 3 aromatic carbocycles. The zero-order valence-electron chi connectivity index (χ0n) is 22.3. The molecule has 6 rings (SSSR count). The Balaban J connectivity index is 0.00000353. The van der Waals surface area contributed by atoms with Gasteiger partial charge in [-0.1, -0.05) is 55.1 Å². The number of ether oxygens (including phenoxy) is 3. The minimum Gasteiger partial charge on any atom is -0.746 e. The Morgan fingerprint density at radius 1 is 1.05 bits per heavy atom. The van der Waals surface area contributed by atoms with Gasteiger partial charge in [-0.15, -0.1) is 0 Å². The van der Waals surface area contributed by atoms with E-state index in [4.69, 9.17) is 9.47 Å². The monoisotopic (exact) mass is 854 g/mol. The van der Waals surface area contributed by atoms with Crippen molar-refractivity contribution >= 4 is 49.5 Å². The van der Waals surface area contributed by atoms with Gasteiger partial charge in [-0.3, -0.25) is 9.59 Å². The van der Waals surface area contributed by atoms with Crippen LogP contribution in [0.3, 0.4) is 0 Å². The molecule has 0 saturated carbocycles. The van der Waals surface area contributed by atoms with E-state index in [0.29, 0.717) is 10.8 Å². The number of esters is 2. The molecule has 10 nitrogen and oxygen atoms in total. The van der Waals surface area contributed by atoms with E-state index in [1.807, 2.05) is 30.3 Å². The average molecular weight is 855 g/mol. The molecule has 3 aromatic rings. The number of alkyl halides is 2. The molecule has 3 aliphatic rings. The summed E-state index contributed by atoms with van der Waals surface area (Å²) in [4.78, 5) is 41.7. The van der Waals surface area contributed by atoms with Crippen LogP contribution in [0.4, 0.5) is 8.78 Å². The number of nitrogens with zero attached hydrogens (tertiary/aromatic N) is 1. The van der Waals surface area contributed by atoms with Gasteiger partial charge in [-0.25, -0.2) is 22.0 Å². The van der Waals surface area contributed by atoms with Crippen molar-refractivity contribution in [2.24, 2.45) is 11.8 Å². The number of benzene rings is 3. The van der Waals surface area contributed by atoms with Gasteiger partial charge in [0.1, 0.15) is 16.2 Å². The van der Waals surface area contributed by atoms with E-state index in [1.54, 1.807) is 38.1 Å². The van der Waals surface area contributed by atoms with Gasteiger partial charge in [0.05, 0.1) is 29.5 Å². The fourth-order valence-electron chi connectivity index (χ4n) is 6.34. The molecule has 42 heavy (non-hydrogen) atoms. The molecular weight excluding hydrogens is 831 g/mol. The quantitative estimate of drug-likeness (QED) is 0.152. The largest absolute Gasteiger partial charge is 0.746 e. The van der Waals surface area contributed by atoms with Crippen LogP contribution in [0.25, 0.3) is 21.5 Å². The van der Waals surface area contributed by atoms with Crippen LogP contribution < -0.4 is 0 Å². The van der Waals surface area contributed by atoms with Gasteiger partial charge in [0.15, 0.2) is 6.10 Å². The molecule has 3 fully saturated rings. The molecule has 0 aliphatic carbocycles. The Bertz CT molecular complexity index is 1660. The molecule has 218 valence electrons. The summed E-state index contributed by atoms with van der Waals surface area (Å²) in [7, 11) is -6.16. The molecule has 6 unspecified atom stereocenters. The first-order valence-electron chi connectivity index (χ1n) is 12.8. The van der Waals surface area contributed by atoms with Crippen LogP contribution in [0.15, 0.2) is 54.6 Å². The molecule has 0 N–H and O–H groups in total. The summed E-state index contributed by atoms with van der Waals surface area (Å²) < 4.78 is 76.3. The van der Waals surface area contributed by atoms with Crippen LogP contribution in [0, 0.1) is 18.4 Å². The SMILES string of the molecule is CC(C)N1C(=O)C2C3OC(C(OC(=O)c4c5ccccc5cc5ccccc45)C31)C2C(=O)O[CH-]C(F)(F)S(=O)(=O)[O-].[Rf]. The van der Waals surface area contributed by atoms with Gasteiger partial charge in [-0.2, -0.15) is 0 Å². The minimum absolute atomic E-state index is 0. The first kappa shape index (κ1) is 28.8. The van der Waals surface area contributed by atoms with Crippen molar-refractivity contribution in [3.8, 4) is 0 Å². The van der Waals surface area contributed by atoms with Crippen molar-refractivity contribution in [1.29, 1.82) is 0 Å². The van der Waals surface area contributed by atoms with E-state index in [1.165, 1.54) is 4.90 Å². The zero-order valence-corrected chi connectivity index (χ0v) is 29.5. The molecule has 3 heterocycles. The van der Waals surface area contributed by atoms with Gasteiger partial charge >= 0.3 is 5.97 Å². The maximum atomic E-state index is 13.9. The second kappa shape index (κ2) is 9.71.